The first kappa shape index (κ1) is 17.0. The van der Waals surface area contributed by atoms with Crippen LogP contribution < -0.4 is 10.6 Å². The van der Waals surface area contributed by atoms with Crippen molar-refractivity contribution in [3.63, 3.8) is 0 Å². The van der Waals surface area contributed by atoms with Gasteiger partial charge in [0.05, 0.1) is 0 Å². The summed E-state index contributed by atoms with van der Waals surface area (Å²) in [7, 11) is 0. The predicted molar refractivity (Wildman–Crippen MR) is 96.0 cm³/mol. The van der Waals surface area contributed by atoms with Crippen LogP contribution in [0.15, 0.2) is 24.3 Å². The van der Waals surface area contributed by atoms with E-state index in [2.05, 4.69) is 10.6 Å². The Bertz CT molecular complexity index is 573. The smallest absolute Gasteiger partial charge is 0.251 e. The SMILES string of the molecule is O=C(CC1CCCC1)Nc1cccc(C(=O)NC2CCCCC2)c1. The molecule has 2 N–H and O–H groups in total. The molecule has 0 heterocycles. The molecule has 24 heavy (non-hydrogen) atoms. The summed E-state index contributed by atoms with van der Waals surface area (Å²) >= 11 is 0. The van der Waals surface area contributed by atoms with Crippen molar-refractivity contribution >= 4 is 17.5 Å². The van der Waals surface area contributed by atoms with E-state index in [1.54, 1.807) is 6.07 Å². The standard InChI is InChI=1S/C20H28N2O2/c23-19(13-15-7-4-5-8-15)21-18-12-6-9-16(14-18)20(24)22-17-10-2-1-3-11-17/h6,9,12,14-15,17H,1-5,7-8,10-11,13H2,(H,21,23)(H,22,24). The third-order valence-electron chi connectivity index (χ3n) is 5.30. The lowest BCUT2D eigenvalue weighted by Crippen LogP contribution is -2.36. The van der Waals surface area contributed by atoms with Gasteiger partial charge in [0.15, 0.2) is 0 Å². The van der Waals surface area contributed by atoms with Gasteiger partial charge in [0.1, 0.15) is 0 Å². The van der Waals surface area contributed by atoms with Crippen LogP contribution in [-0.2, 0) is 4.79 Å². The lowest BCUT2D eigenvalue weighted by molar-refractivity contribution is -0.117. The molecule has 0 radical (unpaired) electrons. The fraction of sp³-hybridized carbons (Fsp3) is 0.600. The predicted octanol–water partition coefficient (Wildman–Crippen LogP) is 4.27. The number of hydrogen-bond donors (Lipinski definition) is 2. The second-order valence-electron chi connectivity index (χ2n) is 7.29. The quantitative estimate of drug-likeness (QED) is 0.848. The number of carbonyl (C=O) groups is 2. The van der Waals surface area contributed by atoms with Crippen molar-refractivity contribution in [3.8, 4) is 0 Å². The molecule has 2 saturated carbocycles. The largest absolute Gasteiger partial charge is 0.349 e. The lowest BCUT2D eigenvalue weighted by atomic mass is 9.95. The van der Waals surface area contributed by atoms with Crippen LogP contribution in [0.3, 0.4) is 0 Å². The number of hydrogen-bond acceptors (Lipinski definition) is 2. The summed E-state index contributed by atoms with van der Waals surface area (Å²) in [6.07, 6.45) is 11.2. The molecule has 0 unspecified atom stereocenters. The van der Waals surface area contributed by atoms with E-state index in [0.717, 1.165) is 25.7 Å². The first-order valence-corrected chi connectivity index (χ1v) is 9.41. The summed E-state index contributed by atoms with van der Waals surface area (Å²) in [5.41, 5.74) is 1.34. The summed E-state index contributed by atoms with van der Waals surface area (Å²) in [6, 6.07) is 7.58. The van der Waals surface area contributed by atoms with E-state index in [9.17, 15) is 9.59 Å². The highest BCUT2D eigenvalue weighted by Crippen LogP contribution is 2.27. The van der Waals surface area contributed by atoms with E-state index in [1.165, 1.54) is 32.1 Å². The lowest BCUT2D eigenvalue weighted by Gasteiger charge is -2.22. The Balaban J connectivity index is 1.54. The maximum Gasteiger partial charge on any atom is 0.251 e. The van der Waals surface area contributed by atoms with Gasteiger partial charge >= 0.3 is 0 Å². The van der Waals surface area contributed by atoms with Crippen LogP contribution in [-0.4, -0.2) is 17.9 Å². The van der Waals surface area contributed by atoms with Gasteiger partial charge in [-0.15, -0.1) is 0 Å². The van der Waals surface area contributed by atoms with Gasteiger partial charge in [-0.25, -0.2) is 0 Å². The zero-order valence-electron chi connectivity index (χ0n) is 14.4. The molecular formula is C20H28N2O2. The van der Waals surface area contributed by atoms with Gasteiger partial charge < -0.3 is 10.6 Å². The molecule has 0 spiro atoms. The zero-order valence-corrected chi connectivity index (χ0v) is 14.4. The van der Waals surface area contributed by atoms with E-state index in [4.69, 9.17) is 0 Å². The molecule has 2 aliphatic rings. The number of benzene rings is 1. The Kier molecular flexibility index (Phi) is 5.89. The summed E-state index contributed by atoms with van der Waals surface area (Å²) in [5, 5.41) is 6.07. The highest BCUT2D eigenvalue weighted by molar-refractivity contribution is 5.97. The van der Waals surface area contributed by atoms with Gasteiger partial charge in [-0.3, -0.25) is 9.59 Å². The highest BCUT2D eigenvalue weighted by atomic mass is 16.2. The van der Waals surface area contributed by atoms with Crippen molar-refractivity contribution in [3.05, 3.63) is 29.8 Å². The monoisotopic (exact) mass is 328 g/mol. The van der Waals surface area contributed by atoms with Gasteiger partial charge in [-0.05, 0) is 49.8 Å². The second kappa shape index (κ2) is 8.32. The minimum absolute atomic E-state index is 0.0335. The van der Waals surface area contributed by atoms with Crippen molar-refractivity contribution in [2.75, 3.05) is 5.32 Å². The van der Waals surface area contributed by atoms with Crippen molar-refractivity contribution in [2.24, 2.45) is 5.92 Å². The van der Waals surface area contributed by atoms with Crippen LogP contribution in [0.5, 0.6) is 0 Å². The molecule has 4 heteroatoms. The first-order valence-electron chi connectivity index (χ1n) is 9.41. The van der Waals surface area contributed by atoms with Crippen LogP contribution in [0.25, 0.3) is 0 Å². The van der Waals surface area contributed by atoms with E-state index in [1.807, 2.05) is 18.2 Å². The van der Waals surface area contributed by atoms with Crippen LogP contribution >= 0.6 is 0 Å². The number of nitrogens with one attached hydrogen (secondary N) is 2. The average molecular weight is 328 g/mol. The van der Waals surface area contributed by atoms with E-state index >= 15 is 0 Å². The summed E-state index contributed by atoms with van der Waals surface area (Å²) < 4.78 is 0. The average Bonchev–Trinajstić information content (AvgIpc) is 3.09. The molecule has 0 saturated heterocycles. The summed E-state index contributed by atoms with van der Waals surface area (Å²) in [5.74, 6) is 0.559. The van der Waals surface area contributed by atoms with Gasteiger partial charge in [-0.1, -0.05) is 38.2 Å². The zero-order chi connectivity index (χ0) is 16.8. The van der Waals surface area contributed by atoms with Crippen LogP contribution in [0.1, 0.15) is 74.6 Å². The molecule has 3 rings (SSSR count). The third-order valence-corrected chi connectivity index (χ3v) is 5.30. The normalized spacial score (nSPS) is 19.2. The van der Waals surface area contributed by atoms with Gasteiger partial charge in [0, 0.05) is 23.7 Å². The molecule has 2 fully saturated rings. The summed E-state index contributed by atoms with van der Waals surface area (Å²) in [6.45, 7) is 0. The minimum atomic E-state index is -0.0335. The second-order valence-corrected chi connectivity index (χ2v) is 7.29. The molecule has 4 nitrogen and oxygen atoms in total. The molecule has 0 aromatic heterocycles. The number of amides is 2. The van der Waals surface area contributed by atoms with Gasteiger partial charge in [0.25, 0.3) is 5.91 Å². The fourth-order valence-corrected chi connectivity index (χ4v) is 3.94. The molecule has 130 valence electrons. The summed E-state index contributed by atoms with van der Waals surface area (Å²) in [4.78, 5) is 24.6. The topological polar surface area (TPSA) is 58.2 Å². The van der Waals surface area contributed by atoms with Crippen molar-refractivity contribution in [2.45, 2.75) is 70.3 Å². The molecule has 2 aliphatic carbocycles. The van der Waals surface area contributed by atoms with E-state index in [-0.39, 0.29) is 11.8 Å². The molecule has 2 amide bonds. The van der Waals surface area contributed by atoms with Crippen molar-refractivity contribution < 1.29 is 9.59 Å². The molecule has 1 aromatic carbocycles. The third kappa shape index (κ3) is 4.83. The first-order chi connectivity index (χ1) is 11.7. The number of anilines is 1. The Labute approximate surface area is 144 Å². The van der Waals surface area contributed by atoms with Crippen molar-refractivity contribution in [1.82, 2.24) is 5.32 Å². The Morgan fingerprint density at radius 1 is 0.958 bits per heavy atom. The molecule has 0 bridgehead atoms. The van der Waals surface area contributed by atoms with E-state index in [0.29, 0.717) is 29.6 Å². The van der Waals surface area contributed by atoms with Gasteiger partial charge in [-0.2, -0.15) is 0 Å². The maximum atomic E-state index is 12.4. The van der Waals surface area contributed by atoms with Gasteiger partial charge in [0.2, 0.25) is 5.91 Å². The van der Waals surface area contributed by atoms with Crippen LogP contribution in [0.4, 0.5) is 5.69 Å². The van der Waals surface area contributed by atoms with Crippen LogP contribution in [0.2, 0.25) is 0 Å². The molecule has 0 aliphatic heterocycles. The molecular weight excluding hydrogens is 300 g/mol. The van der Waals surface area contributed by atoms with Crippen LogP contribution in [0, 0.1) is 5.92 Å². The maximum absolute atomic E-state index is 12.4. The molecule has 0 atom stereocenters. The molecule has 1 aromatic rings. The Morgan fingerprint density at radius 2 is 1.67 bits per heavy atom. The Morgan fingerprint density at radius 3 is 2.42 bits per heavy atom. The Hall–Kier alpha value is -1.84. The number of carbonyl (C=O) groups excluding carboxylic acids is 2. The van der Waals surface area contributed by atoms with Crippen molar-refractivity contribution in [1.29, 1.82) is 0 Å². The highest BCUT2D eigenvalue weighted by Gasteiger charge is 2.19. The minimum Gasteiger partial charge on any atom is -0.349 e. The van der Waals surface area contributed by atoms with E-state index < -0.39 is 0 Å². The number of rotatable bonds is 5. The fourth-order valence-electron chi connectivity index (χ4n) is 3.94.